The van der Waals surface area contributed by atoms with Crippen LogP contribution < -0.4 is 5.32 Å². The normalized spacial score (nSPS) is 11.4. The van der Waals surface area contributed by atoms with Crippen molar-refractivity contribution in [1.29, 1.82) is 0 Å². The molecule has 0 fully saturated rings. The molecule has 1 rings (SSSR count). The van der Waals surface area contributed by atoms with E-state index in [0.29, 0.717) is 19.6 Å². The fourth-order valence-electron chi connectivity index (χ4n) is 1.32. The molecule has 0 saturated carbocycles. The average Bonchev–Trinajstić information content (AvgIpc) is 2.60. The maximum absolute atomic E-state index is 10.2. The van der Waals surface area contributed by atoms with Crippen molar-refractivity contribution in [3.8, 4) is 0 Å². The standard InChI is InChI=1S/C11H19N3O2/c1-11(2,3)16-5-4-10-9(6-12-8-15)7-13-14-10/h7-8H,4-6H2,1-3H3,(H,12,15)(H,13,14). The van der Waals surface area contributed by atoms with Gasteiger partial charge in [0, 0.05) is 24.2 Å². The van der Waals surface area contributed by atoms with Crippen molar-refractivity contribution >= 4 is 6.41 Å². The van der Waals surface area contributed by atoms with E-state index in [1.165, 1.54) is 0 Å². The molecule has 0 spiro atoms. The van der Waals surface area contributed by atoms with Gasteiger partial charge in [0.2, 0.25) is 6.41 Å². The third-order valence-corrected chi connectivity index (χ3v) is 2.07. The first-order valence-electron chi connectivity index (χ1n) is 5.35. The smallest absolute Gasteiger partial charge is 0.207 e. The van der Waals surface area contributed by atoms with Gasteiger partial charge in [-0.05, 0) is 20.8 Å². The van der Waals surface area contributed by atoms with Crippen LogP contribution in [0, 0.1) is 0 Å². The summed E-state index contributed by atoms with van der Waals surface area (Å²) in [5, 5.41) is 9.48. The highest BCUT2D eigenvalue weighted by Crippen LogP contribution is 2.10. The molecular formula is C11H19N3O2. The number of carbonyl (C=O) groups is 1. The number of carbonyl (C=O) groups excluding carboxylic acids is 1. The van der Waals surface area contributed by atoms with Gasteiger partial charge in [0.05, 0.1) is 18.4 Å². The van der Waals surface area contributed by atoms with Crippen LogP contribution in [0.4, 0.5) is 0 Å². The molecule has 5 nitrogen and oxygen atoms in total. The van der Waals surface area contributed by atoms with E-state index in [4.69, 9.17) is 4.74 Å². The number of aromatic nitrogens is 2. The summed E-state index contributed by atoms with van der Waals surface area (Å²) in [5.74, 6) is 0. The number of nitrogens with zero attached hydrogens (tertiary/aromatic N) is 1. The number of amides is 1. The van der Waals surface area contributed by atoms with E-state index in [2.05, 4.69) is 15.5 Å². The summed E-state index contributed by atoms with van der Waals surface area (Å²) in [6.45, 7) is 7.21. The predicted octanol–water partition coefficient (Wildman–Crippen LogP) is 1.01. The predicted molar refractivity (Wildman–Crippen MR) is 60.9 cm³/mol. The first-order valence-corrected chi connectivity index (χ1v) is 5.35. The van der Waals surface area contributed by atoms with Gasteiger partial charge in [-0.15, -0.1) is 0 Å². The Labute approximate surface area is 95.6 Å². The SMILES string of the molecule is CC(C)(C)OCCc1[nH]ncc1CNC=O. The number of ether oxygens (including phenoxy) is 1. The van der Waals surface area contributed by atoms with E-state index in [9.17, 15) is 4.79 Å². The second kappa shape index (κ2) is 5.65. The Kier molecular flexibility index (Phi) is 4.49. The van der Waals surface area contributed by atoms with Crippen LogP contribution in [0.1, 0.15) is 32.0 Å². The molecule has 0 aromatic carbocycles. The Balaban J connectivity index is 2.41. The van der Waals surface area contributed by atoms with Crippen LogP contribution in [0.15, 0.2) is 6.20 Å². The Bertz CT molecular complexity index is 328. The zero-order valence-electron chi connectivity index (χ0n) is 10.0. The Morgan fingerprint density at radius 1 is 1.56 bits per heavy atom. The van der Waals surface area contributed by atoms with E-state index in [-0.39, 0.29) is 5.60 Å². The van der Waals surface area contributed by atoms with Gasteiger partial charge in [0.15, 0.2) is 0 Å². The van der Waals surface area contributed by atoms with E-state index in [1.807, 2.05) is 20.8 Å². The minimum atomic E-state index is -0.124. The van der Waals surface area contributed by atoms with Crippen molar-refractivity contribution in [3.63, 3.8) is 0 Å². The molecule has 1 amide bonds. The molecular weight excluding hydrogens is 206 g/mol. The lowest BCUT2D eigenvalue weighted by Crippen LogP contribution is -2.21. The van der Waals surface area contributed by atoms with Gasteiger partial charge in [-0.1, -0.05) is 0 Å². The molecule has 0 saturated heterocycles. The van der Waals surface area contributed by atoms with Crippen LogP contribution in [-0.2, 0) is 22.5 Å². The zero-order valence-corrected chi connectivity index (χ0v) is 10.0. The van der Waals surface area contributed by atoms with Gasteiger partial charge in [-0.2, -0.15) is 5.10 Å². The Hall–Kier alpha value is -1.36. The van der Waals surface area contributed by atoms with Crippen LogP contribution >= 0.6 is 0 Å². The Morgan fingerprint density at radius 3 is 2.94 bits per heavy atom. The largest absolute Gasteiger partial charge is 0.375 e. The first kappa shape index (κ1) is 12.7. The molecule has 0 aliphatic carbocycles. The number of aromatic amines is 1. The maximum atomic E-state index is 10.2. The average molecular weight is 225 g/mol. The van der Waals surface area contributed by atoms with Crippen LogP contribution in [0.3, 0.4) is 0 Å². The molecule has 0 bridgehead atoms. The summed E-state index contributed by atoms with van der Waals surface area (Å²) < 4.78 is 5.62. The fraction of sp³-hybridized carbons (Fsp3) is 0.636. The molecule has 0 aliphatic rings. The summed E-state index contributed by atoms with van der Waals surface area (Å²) in [6, 6.07) is 0. The molecule has 1 aromatic rings. The molecule has 5 heteroatoms. The summed E-state index contributed by atoms with van der Waals surface area (Å²) in [4.78, 5) is 10.2. The van der Waals surface area contributed by atoms with Crippen LogP contribution in [0.25, 0.3) is 0 Å². The minimum absolute atomic E-state index is 0.124. The fourth-order valence-corrected chi connectivity index (χ4v) is 1.32. The summed E-state index contributed by atoms with van der Waals surface area (Å²) >= 11 is 0. The minimum Gasteiger partial charge on any atom is -0.375 e. The molecule has 16 heavy (non-hydrogen) atoms. The highest BCUT2D eigenvalue weighted by atomic mass is 16.5. The first-order chi connectivity index (χ1) is 7.53. The van der Waals surface area contributed by atoms with Gasteiger partial charge in [0.1, 0.15) is 0 Å². The third-order valence-electron chi connectivity index (χ3n) is 2.07. The van der Waals surface area contributed by atoms with Crippen molar-refractivity contribution in [3.05, 3.63) is 17.5 Å². The lowest BCUT2D eigenvalue weighted by molar-refractivity contribution is -0.109. The lowest BCUT2D eigenvalue weighted by Gasteiger charge is -2.19. The lowest BCUT2D eigenvalue weighted by atomic mass is 10.2. The van der Waals surface area contributed by atoms with Gasteiger partial charge in [0.25, 0.3) is 0 Å². The summed E-state index contributed by atoms with van der Waals surface area (Å²) in [7, 11) is 0. The van der Waals surface area contributed by atoms with E-state index < -0.39 is 0 Å². The molecule has 0 atom stereocenters. The maximum Gasteiger partial charge on any atom is 0.207 e. The molecule has 0 radical (unpaired) electrons. The second-order valence-electron chi connectivity index (χ2n) is 4.58. The number of hydrogen-bond donors (Lipinski definition) is 2. The summed E-state index contributed by atoms with van der Waals surface area (Å²) in [6.07, 6.45) is 3.18. The highest BCUT2D eigenvalue weighted by molar-refractivity contribution is 5.46. The van der Waals surface area contributed by atoms with Crippen LogP contribution in [0.2, 0.25) is 0 Å². The van der Waals surface area contributed by atoms with Crippen LogP contribution in [0.5, 0.6) is 0 Å². The van der Waals surface area contributed by atoms with Gasteiger partial charge >= 0.3 is 0 Å². The van der Waals surface area contributed by atoms with Crippen molar-refractivity contribution in [2.75, 3.05) is 6.61 Å². The molecule has 1 aromatic heterocycles. The summed E-state index contributed by atoms with van der Waals surface area (Å²) in [5.41, 5.74) is 1.89. The highest BCUT2D eigenvalue weighted by Gasteiger charge is 2.11. The molecule has 90 valence electrons. The zero-order chi connectivity index (χ0) is 12.0. The number of nitrogens with one attached hydrogen (secondary N) is 2. The van der Waals surface area contributed by atoms with E-state index in [0.717, 1.165) is 17.7 Å². The van der Waals surface area contributed by atoms with Crippen LogP contribution in [-0.4, -0.2) is 28.8 Å². The second-order valence-corrected chi connectivity index (χ2v) is 4.58. The van der Waals surface area contributed by atoms with Gasteiger partial charge < -0.3 is 10.1 Å². The Morgan fingerprint density at radius 2 is 2.31 bits per heavy atom. The van der Waals surface area contributed by atoms with Crippen molar-refractivity contribution in [2.24, 2.45) is 0 Å². The monoisotopic (exact) mass is 225 g/mol. The number of rotatable bonds is 6. The molecule has 0 aliphatic heterocycles. The number of H-pyrrole nitrogens is 1. The van der Waals surface area contributed by atoms with E-state index >= 15 is 0 Å². The van der Waals surface area contributed by atoms with Gasteiger partial charge in [-0.25, -0.2) is 0 Å². The van der Waals surface area contributed by atoms with Gasteiger partial charge in [-0.3, -0.25) is 9.89 Å². The molecule has 0 unspecified atom stereocenters. The number of hydrogen-bond acceptors (Lipinski definition) is 3. The van der Waals surface area contributed by atoms with Crippen molar-refractivity contribution in [2.45, 2.75) is 39.3 Å². The molecule has 2 N–H and O–H groups in total. The van der Waals surface area contributed by atoms with E-state index in [1.54, 1.807) is 6.20 Å². The van der Waals surface area contributed by atoms with Crippen molar-refractivity contribution in [1.82, 2.24) is 15.5 Å². The van der Waals surface area contributed by atoms with Crippen molar-refractivity contribution < 1.29 is 9.53 Å². The topological polar surface area (TPSA) is 67.0 Å². The quantitative estimate of drug-likeness (QED) is 0.710. The third kappa shape index (κ3) is 4.44. The molecule has 1 heterocycles.